The van der Waals surface area contributed by atoms with Crippen molar-refractivity contribution in [2.75, 3.05) is 0 Å². The minimum Gasteiger partial charge on any atom is -0.0651 e. The van der Waals surface area contributed by atoms with Crippen LogP contribution in [0.5, 0.6) is 0 Å². The van der Waals surface area contributed by atoms with Crippen molar-refractivity contribution in [3.05, 3.63) is 108 Å². The Kier molecular flexibility index (Phi) is 5.30. The lowest BCUT2D eigenvalue weighted by Gasteiger charge is -2.20. The number of hydrogen-bond acceptors (Lipinski definition) is 0. The second-order valence-corrected chi connectivity index (χ2v) is 9.43. The predicted molar refractivity (Wildman–Crippen MR) is 147 cm³/mol. The zero-order chi connectivity index (χ0) is 23.1. The average Bonchev–Trinajstić information content (AvgIpc) is 3.23. The highest BCUT2D eigenvalue weighted by Crippen LogP contribution is 2.54. The first kappa shape index (κ1) is 20.9. The molecule has 0 bridgehead atoms. The minimum absolute atomic E-state index is 1.09. The van der Waals surface area contributed by atoms with Crippen LogP contribution in [0.2, 0.25) is 0 Å². The second-order valence-electron chi connectivity index (χ2n) is 9.43. The molecule has 6 rings (SSSR count). The lowest BCUT2D eigenvalue weighted by atomic mass is 9.84. The molecule has 34 heavy (non-hydrogen) atoms. The molecule has 0 unspecified atom stereocenters. The molecule has 1 aliphatic carbocycles. The molecule has 5 aromatic rings. The van der Waals surface area contributed by atoms with E-state index < -0.39 is 0 Å². The Morgan fingerprint density at radius 1 is 0.500 bits per heavy atom. The van der Waals surface area contributed by atoms with Crippen LogP contribution >= 0.6 is 0 Å². The minimum atomic E-state index is 1.09. The summed E-state index contributed by atoms with van der Waals surface area (Å²) >= 11 is 0. The van der Waals surface area contributed by atoms with Crippen molar-refractivity contribution < 1.29 is 0 Å². The summed E-state index contributed by atoms with van der Waals surface area (Å²) in [6, 6.07) is 36.0. The zero-order valence-electron chi connectivity index (χ0n) is 20.1. The van der Waals surface area contributed by atoms with Gasteiger partial charge in [0, 0.05) is 0 Å². The maximum atomic E-state index is 2.51. The van der Waals surface area contributed by atoms with E-state index in [1.165, 1.54) is 66.4 Å². The van der Waals surface area contributed by atoms with E-state index >= 15 is 0 Å². The van der Waals surface area contributed by atoms with Gasteiger partial charge in [0.25, 0.3) is 0 Å². The molecular formula is C34H30. The van der Waals surface area contributed by atoms with Gasteiger partial charge in [-0.05, 0) is 79.2 Å². The van der Waals surface area contributed by atoms with Crippen LogP contribution in [0.25, 0.3) is 55.3 Å². The van der Waals surface area contributed by atoms with Crippen LogP contribution in [0.1, 0.15) is 37.8 Å². The molecule has 1 aliphatic rings. The molecule has 0 fully saturated rings. The highest BCUT2D eigenvalue weighted by atomic mass is 14.3. The number of rotatable bonds is 6. The third-order valence-electron chi connectivity index (χ3n) is 7.28. The summed E-state index contributed by atoms with van der Waals surface area (Å²) < 4.78 is 0. The molecule has 0 aliphatic heterocycles. The Hall–Kier alpha value is -3.64. The van der Waals surface area contributed by atoms with Gasteiger partial charge in [0.2, 0.25) is 0 Å². The molecule has 0 N–H and O–H groups in total. The van der Waals surface area contributed by atoms with Crippen molar-refractivity contribution in [2.24, 2.45) is 0 Å². The van der Waals surface area contributed by atoms with Gasteiger partial charge in [-0.1, -0.05) is 124 Å². The number of fused-ring (bicyclic) bond motifs is 3. The number of benzene rings is 5. The van der Waals surface area contributed by atoms with Crippen LogP contribution in [0, 0.1) is 0 Å². The molecule has 0 radical (unpaired) electrons. The Balaban J connectivity index is 1.71. The molecule has 0 heterocycles. The standard InChI is InChI=1S/C34H30/c1-3-12-25-22-31(24-16-9-6-10-17-24)27(13-4-2)34-30-21-20-26(23-14-7-5-8-15-23)28-18-11-19-29(32(25)34)33(28)30/h5-11,14-22H,3-4,12-13H2,1-2H3. The number of hydrogen-bond donors (Lipinski definition) is 0. The van der Waals surface area contributed by atoms with Crippen LogP contribution < -0.4 is 0 Å². The van der Waals surface area contributed by atoms with Crippen LogP contribution in [0.15, 0.2) is 97.1 Å². The van der Waals surface area contributed by atoms with E-state index in [2.05, 4.69) is 111 Å². The van der Waals surface area contributed by atoms with E-state index in [4.69, 9.17) is 0 Å². The summed E-state index contributed by atoms with van der Waals surface area (Å²) in [5.41, 5.74) is 14.2. The van der Waals surface area contributed by atoms with Gasteiger partial charge in [0.15, 0.2) is 0 Å². The van der Waals surface area contributed by atoms with Crippen LogP contribution in [0.4, 0.5) is 0 Å². The van der Waals surface area contributed by atoms with E-state index in [0.717, 1.165) is 25.7 Å². The van der Waals surface area contributed by atoms with Crippen LogP contribution in [0.3, 0.4) is 0 Å². The van der Waals surface area contributed by atoms with Crippen molar-refractivity contribution in [3.8, 4) is 44.5 Å². The van der Waals surface area contributed by atoms with Gasteiger partial charge in [-0.2, -0.15) is 0 Å². The highest BCUT2D eigenvalue weighted by molar-refractivity contribution is 6.20. The summed E-state index contributed by atoms with van der Waals surface area (Å²) in [5, 5.41) is 2.79. The van der Waals surface area contributed by atoms with Crippen LogP contribution in [-0.4, -0.2) is 0 Å². The molecule has 166 valence electrons. The number of aryl methyl sites for hydroxylation is 1. The summed E-state index contributed by atoms with van der Waals surface area (Å²) in [5.74, 6) is 0. The lowest BCUT2D eigenvalue weighted by Crippen LogP contribution is -1.99. The van der Waals surface area contributed by atoms with E-state index in [1.807, 2.05) is 0 Å². The van der Waals surface area contributed by atoms with Gasteiger partial charge in [0.05, 0.1) is 0 Å². The monoisotopic (exact) mass is 438 g/mol. The molecule has 0 saturated carbocycles. The van der Waals surface area contributed by atoms with Crippen molar-refractivity contribution >= 4 is 10.8 Å². The maximum absolute atomic E-state index is 2.51. The first-order chi connectivity index (χ1) is 16.8. The summed E-state index contributed by atoms with van der Waals surface area (Å²) in [4.78, 5) is 0. The smallest absolute Gasteiger partial charge is 0.00199 e. The normalized spacial score (nSPS) is 11.7. The maximum Gasteiger partial charge on any atom is -0.00199 e. The average molecular weight is 439 g/mol. The van der Waals surface area contributed by atoms with Gasteiger partial charge in [-0.15, -0.1) is 0 Å². The van der Waals surface area contributed by atoms with Gasteiger partial charge in [0.1, 0.15) is 0 Å². The predicted octanol–water partition coefficient (Wildman–Crippen LogP) is 9.73. The highest BCUT2D eigenvalue weighted by Gasteiger charge is 2.29. The van der Waals surface area contributed by atoms with Crippen LogP contribution in [-0.2, 0) is 12.8 Å². The van der Waals surface area contributed by atoms with Crippen molar-refractivity contribution in [3.63, 3.8) is 0 Å². The largest absolute Gasteiger partial charge is 0.0651 e. The second kappa shape index (κ2) is 8.61. The fourth-order valence-electron chi connectivity index (χ4n) is 5.93. The summed E-state index contributed by atoms with van der Waals surface area (Å²) in [6.07, 6.45) is 4.48. The SMILES string of the molecule is CCCc1cc(-c2ccccc2)c(CCC)c2c1-c1cccc3c(-c4ccccc4)ccc-2c13. The van der Waals surface area contributed by atoms with Crippen molar-refractivity contribution in [1.29, 1.82) is 0 Å². The van der Waals surface area contributed by atoms with Crippen molar-refractivity contribution in [1.82, 2.24) is 0 Å². The van der Waals surface area contributed by atoms with Gasteiger partial charge in [-0.25, -0.2) is 0 Å². The van der Waals surface area contributed by atoms with Gasteiger partial charge < -0.3 is 0 Å². The quantitative estimate of drug-likeness (QED) is 0.243. The lowest BCUT2D eigenvalue weighted by molar-refractivity contribution is 0.910. The summed E-state index contributed by atoms with van der Waals surface area (Å²) in [7, 11) is 0. The Labute approximate surface area is 202 Å². The Bertz CT molecular complexity index is 1490. The van der Waals surface area contributed by atoms with E-state index in [-0.39, 0.29) is 0 Å². The van der Waals surface area contributed by atoms with Crippen molar-refractivity contribution in [2.45, 2.75) is 39.5 Å². The Morgan fingerprint density at radius 3 is 1.79 bits per heavy atom. The van der Waals surface area contributed by atoms with E-state index in [1.54, 1.807) is 0 Å². The van der Waals surface area contributed by atoms with Gasteiger partial charge >= 0.3 is 0 Å². The molecule has 0 amide bonds. The molecule has 0 atom stereocenters. The topological polar surface area (TPSA) is 0 Å². The summed E-state index contributed by atoms with van der Waals surface area (Å²) in [6.45, 7) is 4.60. The molecule has 0 aromatic heterocycles. The molecule has 0 heteroatoms. The Morgan fingerprint density at radius 2 is 1.12 bits per heavy atom. The fourth-order valence-corrected chi connectivity index (χ4v) is 5.93. The fraction of sp³-hybridized carbons (Fsp3) is 0.176. The molecule has 0 nitrogen and oxygen atoms in total. The van der Waals surface area contributed by atoms with E-state index in [0.29, 0.717) is 0 Å². The van der Waals surface area contributed by atoms with E-state index in [9.17, 15) is 0 Å². The molecular weight excluding hydrogens is 408 g/mol. The third kappa shape index (κ3) is 3.21. The first-order valence-electron chi connectivity index (χ1n) is 12.7. The molecule has 0 saturated heterocycles. The first-order valence-corrected chi connectivity index (χ1v) is 12.7. The van der Waals surface area contributed by atoms with Gasteiger partial charge in [-0.3, -0.25) is 0 Å². The molecule has 5 aromatic carbocycles. The third-order valence-corrected chi connectivity index (χ3v) is 7.28. The molecule has 0 spiro atoms. The zero-order valence-corrected chi connectivity index (χ0v) is 20.1.